The van der Waals surface area contributed by atoms with Crippen LogP contribution in [0.25, 0.3) is 22.1 Å². The van der Waals surface area contributed by atoms with Crippen molar-refractivity contribution in [3.8, 4) is 27.8 Å². The average molecular weight is 377 g/mol. The van der Waals surface area contributed by atoms with Crippen molar-refractivity contribution in [2.24, 2.45) is 0 Å². The van der Waals surface area contributed by atoms with Crippen molar-refractivity contribution in [3.63, 3.8) is 0 Å². The van der Waals surface area contributed by atoms with Gasteiger partial charge in [0.05, 0.1) is 12.3 Å². The van der Waals surface area contributed by atoms with E-state index in [4.69, 9.17) is 9.72 Å². The Kier molecular flexibility index (Phi) is 3.46. The zero-order valence-electron chi connectivity index (χ0n) is 11.9. The quantitative estimate of drug-likeness (QED) is 0.682. The van der Waals surface area contributed by atoms with Crippen molar-refractivity contribution in [1.82, 2.24) is 19.7 Å². The SMILES string of the molecule is CCn1ncnc1-c1nc2c(s1)CCOc1cc(Br)ccc1-2. The molecule has 3 aromatic rings. The Morgan fingerprint density at radius 2 is 2.32 bits per heavy atom. The maximum atomic E-state index is 5.85. The summed E-state index contributed by atoms with van der Waals surface area (Å²) in [5.74, 6) is 1.71. The number of halogens is 1. The lowest BCUT2D eigenvalue weighted by Crippen LogP contribution is -1.99. The van der Waals surface area contributed by atoms with E-state index in [0.29, 0.717) is 6.61 Å². The molecule has 0 atom stereocenters. The van der Waals surface area contributed by atoms with Gasteiger partial charge in [-0.3, -0.25) is 0 Å². The molecule has 0 fully saturated rings. The van der Waals surface area contributed by atoms with Gasteiger partial charge in [-0.05, 0) is 25.1 Å². The van der Waals surface area contributed by atoms with Gasteiger partial charge in [-0.2, -0.15) is 5.10 Å². The van der Waals surface area contributed by atoms with E-state index in [-0.39, 0.29) is 0 Å². The van der Waals surface area contributed by atoms with Gasteiger partial charge in [0.25, 0.3) is 0 Å². The van der Waals surface area contributed by atoms with Crippen LogP contribution in [0.2, 0.25) is 0 Å². The summed E-state index contributed by atoms with van der Waals surface area (Å²) >= 11 is 5.17. The second-order valence-electron chi connectivity index (χ2n) is 4.93. The number of hydrogen-bond acceptors (Lipinski definition) is 5. The first-order chi connectivity index (χ1) is 10.8. The minimum atomic E-state index is 0.665. The molecule has 0 spiro atoms. The highest BCUT2D eigenvalue weighted by Gasteiger charge is 2.22. The molecular weight excluding hydrogens is 364 g/mol. The highest BCUT2D eigenvalue weighted by atomic mass is 79.9. The molecule has 1 aliphatic heterocycles. The van der Waals surface area contributed by atoms with Gasteiger partial charge in [-0.15, -0.1) is 11.3 Å². The molecule has 0 aliphatic carbocycles. The average Bonchev–Trinajstić information content (AvgIpc) is 3.11. The zero-order chi connectivity index (χ0) is 15.1. The molecule has 1 aromatic carbocycles. The van der Waals surface area contributed by atoms with Crippen LogP contribution in [0, 0.1) is 0 Å². The predicted octanol–water partition coefficient (Wildman–Crippen LogP) is 3.79. The van der Waals surface area contributed by atoms with E-state index in [1.165, 1.54) is 4.88 Å². The van der Waals surface area contributed by atoms with Gasteiger partial charge in [0, 0.05) is 27.9 Å². The molecule has 0 saturated carbocycles. The number of aromatic nitrogens is 4. The van der Waals surface area contributed by atoms with Crippen LogP contribution in [-0.4, -0.2) is 26.4 Å². The van der Waals surface area contributed by atoms with Gasteiger partial charge in [-0.1, -0.05) is 15.9 Å². The minimum absolute atomic E-state index is 0.665. The number of fused-ring (bicyclic) bond motifs is 3. The van der Waals surface area contributed by atoms with Crippen LogP contribution >= 0.6 is 27.3 Å². The van der Waals surface area contributed by atoms with Crippen molar-refractivity contribution in [2.45, 2.75) is 19.9 Å². The Hall–Kier alpha value is -1.73. The van der Waals surface area contributed by atoms with Crippen molar-refractivity contribution >= 4 is 27.3 Å². The molecule has 7 heteroatoms. The summed E-state index contributed by atoms with van der Waals surface area (Å²) in [5, 5.41) is 5.15. The number of thiazole rings is 1. The summed E-state index contributed by atoms with van der Waals surface area (Å²) < 4.78 is 8.73. The monoisotopic (exact) mass is 376 g/mol. The van der Waals surface area contributed by atoms with E-state index in [1.54, 1.807) is 17.7 Å². The predicted molar refractivity (Wildman–Crippen MR) is 89.1 cm³/mol. The molecule has 0 radical (unpaired) electrons. The van der Waals surface area contributed by atoms with Crippen molar-refractivity contribution in [3.05, 3.63) is 33.9 Å². The normalized spacial score (nSPS) is 13.2. The first-order valence-corrected chi connectivity index (χ1v) is 8.68. The molecule has 112 valence electrons. The topological polar surface area (TPSA) is 52.8 Å². The molecule has 5 nitrogen and oxygen atoms in total. The second kappa shape index (κ2) is 5.48. The van der Waals surface area contributed by atoms with E-state index in [9.17, 15) is 0 Å². The zero-order valence-corrected chi connectivity index (χ0v) is 14.3. The molecule has 0 saturated heterocycles. The smallest absolute Gasteiger partial charge is 0.187 e. The Morgan fingerprint density at radius 3 is 3.18 bits per heavy atom. The number of aryl methyl sites for hydroxylation is 1. The van der Waals surface area contributed by atoms with Crippen molar-refractivity contribution in [1.29, 1.82) is 0 Å². The van der Waals surface area contributed by atoms with Crippen molar-refractivity contribution in [2.75, 3.05) is 6.61 Å². The summed E-state index contributed by atoms with van der Waals surface area (Å²) in [6.07, 6.45) is 2.44. The Balaban J connectivity index is 1.87. The van der Waals surface area contributed by atoms with Gasteiger partial charge >= 0.3 is 0 Å². The van der Waals surface area contributed by atoms with Gasteiger partial charge in [0.2, 0.25) is 0 Å². The van der Waals surface area contributed by atoms with Crippen molar-refractivity contribution < 1.29 is 4.74 Å². The summed E-state index contributed by atoms with van der Waals surface area (Å²) in [6, 6.07) is 6.07. The second-order valence-corrected chi connectivity index (χ2v) is 6.93. The molecule has 0 N–H and O–H groups in total. The summed E-state index contributed by atoms with van der Waals surface area (Å²) in [6.45, 7) is 3.50. The van der Waals surface area contributed by atoms with Crippen LogP contribution in [-0.2, 0) is 13.0 Å². The third kappa shape index (κ3) is 2.24. The van der Waals surface area contributed by atoms with Crippen LogP contribution in [0.3, 0.4) is 0 Å². The molecule has 4 rings (SSSR count). The number of benzene rings is 1. The van der Waals surface area contributed by atoms with Crippen LogP contribution in [0.4, 0.5) is 0 Å². The largest absolute Gasteiger partial charge is 0.492 e. The maximum Gasteiger partial charge on any atom is 0.187 e. The number of hydrogen-bond donors (Lipinski definition) is 0. The fraction of sp³-hybridized carbons (Fsp3) is 0.267. The third-order valence-electron chi connectivity index (χ3n) is 3.59. The third-order valence-corrected chi connectivity index (χ3v) is 5.19. The van der Waals surface area contributed by atoms with E-state index < -0.39 is 0 Å². The van der Waals surface area contributed by atoms with Gasteiger partial charge in [0.1, 0.15) is 12.1 Å². The number of ether oxygens (including phenoxy) is 1. The number of rotatable bonds is 2. The van der Waals surface area contributed by atoms with E-state index in [0.717, 1.165) is 45.3 Å². The van der Waals surface area contributed by atoms with Gasteiger partial charge in [-0.25, -0.2) is 14.6 Å². The number of nitrogens with zero attached hydrogens (tertiary/aromatic N) is 4. The standard InChI is InChI=1S/C15H13BrN4OS/c1-2-20-14(17-8-18-20)15-19-13-10-4-3-9(16)7-11(10)21-6-5-12(13)22-15/h3-4,7-8H,2,5-6H2,1H3. The molecule has 0 amide bonds. The highest BCUT2D eigenvalue weighted by molar-refractivity contribution is 9.10. The molecule has 3 heterocycles. The van der Waals surface area contributed by atoms with E-state index in [1.807, 2.05) is 16.8 Å². The minimum Gasteiger partial charge on any atom is -0.492 e. The summed E-state index contributed by atoms with van der Waals surface area (Å²) in [4.78, 5) is 10.4. The van der Waals surface area contributed by atoms with E-state index in [2.05, 4.69) is 39.0 Å². The van der Waals surface area contributed by atoms with Crippen LogP contribution in [0.1, 0.15) is 11.8 Å². The lowest BCUT2D eigenvalue weighted by molar-refractivity contribution is 0.327. The Labute approximate surface area is 140 Å². The molecule has 2 aromatic heterocycles. The lowest BCUT2D eigenvalue weighted by Gasteiger charge is -2.07. The van der Waals surface area contributed by atoms with Crippen LogP contribution < -0.4 is 4.74 Å². The molecule has 0 bridgehead atoms. The van der Waals surface area contributed by atoms with Gasteiger partial charge < -0.3 is 4.74 Å². The Bertz CT molecular complexity index is 842. The first-order valence-electron chi connectivity index (χ1n) is 7.07. The Morgan fingerprint density at radius 1 is 1.41 bits per heavy atom. The van der Waals surface area contributed by atoms with Crippen LogP contribution in [0.5, 0.6) is 5.75 Å². The summed E-state index contributed by atoms with van der Waals surface area (Å²) in [7, 11) is 0. The molecule has 1 aliphatic rings. The fourth-order valence-electron chi connectivity index (χ4n) is 2.55. The lowest BCUT2D eigenvalue weighted by atomic mass is 10.1. The summed E-state index contributed by atoms with van der Waals surface area (Å²) in [5.41, 5.74) is 2.05. The molecular formula is C15H13BrN4OS. The first kappa shape index (κ1) is 13.9. The molecule has 0 unspecified atom stereocenters. The van der Waals surface area contributed by atoms with E-state index >= 15 is 0 Å². The van der Waals surface area contributed by atoms with Crippen LogP contribution in [0.15, 0.2) is 29.0 Å². The highest BCUT2D eigenvalue weighted by Crippen LogP contribution is 2.40. The van der Waals surface area contributed by atoms with Gasteiger partial charge in [0.15, 0.2) is 10.8 Å². The maximum absolute atomic E-state index is 5.85. The fourth-order valence-corrected chi connectivity index (χ4v) is 3.95. The molecule has 22 heavy (non-hydrogen) atoms.